The van der Waals surface area contributed by atoms with Crippen LogP contribution in [0.3, 0.4) is 0 Å². The molecule has 0 bridgehead atoms. The molecule has 0 radical (unpaired) electrons. The van der Waals surface area contributed by atoms with Crippen molar-refractivity contribution in [3.63, 3.8) is 0 Å². The minimum atomic E-state index is -0.0773. The number of ether oxygens (including phenoxy) is 1. The third kappa shape index (κ3) is 3.59. The molecule has 4 heteroatoms. The van der Waals surface area contributed by atoms with Crippen molar-refractivity contribution in [2.24, 2.45) is 0 Å². The number of amides is 1. The number of Topliss-reactive ketones (excluding diaryl/α,β-unsaturated/α-hetero) is 1. The van der Waals surface area contributed by atoms with Gasteiger partial charge < -0.3 is 10.1 Å². The molecule has 0 aliphatic rings. The molecule has 0 saturated carbocycles. The van der Waals surface area contributed by atoms with Crippen molar-refractivity contribution in [3.05, 3.63) is 29.3 Å². The summed E-state index contributed by atoms with van der Waals surface area (Å²) in [5.41, 5.74) is 1.32. The first-order valence-electron chi connectivity index (χ1n) is 5.53. The standard InChI is InChI=1S/C13H17NO3/c1-4-14-13(16)8-11-7-10(9(2)15)5-6-12(11)17-3/h5-7H,4,8H2,1-3H3,(H,14,16). The molecule has 0 saturated heterocycles. The van der Waals surface area contributed by atoms with Crippen LogP contribution in [-0.2, 0) is 11.2 Å². The molecule has 0 aromatic heterocycles. The molecule has 0 unspecified atom stereocenters. The van der Waals surface area contributed by atoms with Crippen LogP contribution < -0.4 is 10.1 Å². The van der Waals surface area contributed by atoms with Gasteiger partial charge in [-0.2, -0.15) is 0 Å². The number of nitrogens with one attached hydrogen (secondary N) is 1. The second-order valence-electron chi connectivity index (χ2n) is 3.71. The Morgan fingerprint density at radius 1 is 1.35 bits per heavy atom. The summed E-state index contributed by atoms with van der Waals surface area (Å²) in [6, 6.07) is 5.12. The summed E-state index contributed by atoms with van der Waals surface area (Å²) in [6.45, 7) is 3.95. The molecule has 0 spiro atoms. The van der Waals surface area contributed by atoms with E-state index >= 15 is 0 Å². The summed E-state index contributed by atoms with van der Waals surface area (Å²) in [5, 5.41) is 2.71. The fraction of sp³-hybridized carbons (Fsp3) is 0.385. The SMILES string of the molecule is CCNC(=O)Cc1cc(C(C)=O)ccc1OC. The number of rotatable bonds is 5. The third-order valence-corrected chi connectivity index (χ3v) is 2.41. The van der Waals surface area contributed by atoms with Gasteiger partial charge in [-0.1, -0.05) is 0 Å². The van der Waals surface area contributed by atoms with E-state index in [0.29, 0.717) is 17.9 Å². The Bertz CT molecular complexity index is 427. The Morgan fingerprint density at radius 2 is 2.06 bits per heavy atom. The van der Waals surface area contributed by atoms with Gasteiger partial charge in [0.05, 0.1) is 13.5 Å². The van der Waals surface area contributed by atoms with Gasteiger partial charge in [0, 0.05) is 17.7 Å². The topological polar surface area (TPSA) is 55.4 Å². The van der Waals surface area contributed by atoms with Gasteiger partial charge in [-0.25, -0.2) is 0 Å². The molecule has 1 N–H and O–H groups in total. The van der Waals surface area contributed by atoms with E-state index in [1.807, 2.05) is 6.92 Å². The zero-order valence-electron chi connectivity index (χ0n) is 10.4. The zero-order chi connectivity index (χ0) is 12.8. The van der Waals surface area contributed by atoms with E-state index in [1.165, 1.54) is 6.92 Å². The monoisotopic (exact) mass is 235 g/mol. The van der Waals surface area contributed by atoms with Crippen molar-refractivity contribution in [2.45, 2.75) is 20.3 Å². The fourth-order valence-corrected chi connectivity index (χ4v) is 1.57. The van der Waals surface area contributed by atoms with Gasteiger partial charge in [-0.05, 0) is 32.0 Å². The number of carbonyl (C=O) groups excluding carboxylic acids is 2. The van der Waals surface area contributed by atoms with Crippen molar-refractivity contribution in [2.75, 3.05) is 13.7 Å². The maximum atomic E-state index is 11.5. The third-order valence-electron chi connectivity index (χ3n) is 2.41. The second kappa shape index (κ2) is 6.03. The summed E-state index contributed by atoms with van der Waals surface area (Å²) in [5.74, 6) is 0.526. The van der Waals surface area contributed by atoms with Crippen LogP contribution in [0.25, 0.3) is 0 Å². The molecule has 1 aromatic carbocycles. The summed E-state index contributed by atoms with van der Waals surface area (Å²) < 4.78 is 5.17. The number of ketones is 1. The average molecular weight is 235 g/mol. The summed E-state index contributed by atoms with van der Waals surface area (Å²) >= 11 is 0. The van der Waals surface area contributed by atoms with Crippen LogP contribution in [0.5, 0.6) is 5.75 Å². The Labute approximate surface area is 101 Å². The Morgan fingerprint density at radius 3 is 2.59 bits per heavy atom. The lowest BCUT2D eigenvalue weighted by molar-refractivity contribution is -0.120. The molecule has 0 aliphatic carbocycles. The molecule has 1 amide bonds. The molecule has 0 aliphatic heterocycles. The summed E-state index contributed by atoms with van der Waals surface area (Å²) in [7, 11) is 1.55. The van der Waals surface area contributed by atoms with Gasteiger partial charge in [0.2, 0.25) is 5.91 Å². The Balaban J connectivity index is 2.97. The predicted molar refractivity (Wildman–Crippen MR) is 65.4 cm³/mol. The maximum absolute atomic E-state index is 11.5. The zero-order valence-corrected chi connectivity index (χ0v) is 10.4. The van der Waals surface area contributed by atoms with Gasteiger partial charge in [0.25, 0.3) is 0 Å². The number of likely N-dealkylation sites (N-methyl/N-ethyl adjacent to an activating group) is 1. The lowest BCUT2D eigenvalue weighted by atomic mass is 10.0. The Kier molecular flexibility index (Phi) is 4.69. The lowest BCUT2D eigenvalue weighted by Crippen LogP contribution is -2.24. The van der Waals surface area contributed by atoms with E-state index in [1.54, 1.807) is 25.3 Å². The number of hydrogen-bond donors (Lipinski definition) is 1. The molecule has 0 atom stereocenters. The Hall–Kier alpha value is -1.84. The number of carbonyl (C=O) groups is 2. The van der Waals surface area contributed by atoms with Crippen molar-refractivity contribution in [3.8, 4) is 5.75 Å². The minimum absolute atomic E-state index is 0.0233. The highest BCUT2D eigenvalue weighted by atomic mass is 16.5. The molecule has 92 valence electrons. The highest BCUT2D eigenvalue weighted by molar-refractivity contribution is 5.94. The van der Waals surface area contributed by atoms with Crippen LogP contribution in [-0.4, -0.2) is 25.3 Å². The van der Waals surface area contributed by atoms with Crippen LogP contribution in [0, 0.1) is 0 Å². The highest BCUT2D eigenvalue weighted by Crippen LogP contribution is 2.20. The van der Waals surface area contributed by atoms with E-state index in [9.17, 15) is 9.59 Å². The summed E-state index contributed by atoms with van der Waals surface area (Å²) in [4.78, 5) is 22.8. The first-order valence-corrected chi connectivity index (χ1v) is 5.53. The van der Waals surface area contributed by atoms with Gasteiger partial charge in [0.1, 0.15) is 5.75 Å². The first-order chi connectivity index (χ1) is 8.08. The van der Waals surface area contributed by atoms with E-state index < -0.39 is 0 Å². The molecule has 1 aromatic rings. The van der Waals surface area contributed by atoms with E-state index in [2.05, 4.69) is 5.32 Å². The van der Waals surface area contributed by atoms with E-state index in [-0.39, 0.29) is 18.1 Å². The van der Waals surface area contributed by atoms with Crippen molar-refractivity contribution < 1.29 is 14.3 Å². The van der Waals surface area contributed by atoms with Gasteiger partial charge in [-0.3, -0.25) is 9.59 Å². The largest absolute Gasteiger partial charge is 0.496 e. The van der Waals surface area contributed by atoms with Gasteiger partial charge >= 0.3 is 0 Å². The molecule has 1 rings (SSSR count). The molecular formula is C13H17NO3. The molecule has 0 heterocycles. The van der Waals surface area contributed by atoms with E-state index in [0.717, 1.165) is 5.56 Å². The number of benzene rings is 1. The van der Waals surface area contributed by atoms with Crippen molar-refractivity contribution in [1.82, 2.24) is 5.32 Å². The summed E-state index contributed by atoms with van der Waals surface area (Å²) in [6.07, 6.45) is 0.220. The lowest BCUT2D eigenvalue weighted by Gasteiger charge is -2.09. The quantitative estimate of drug-likeness (QED) is 0.788. The van der Waals surface area contributed by atoms with E-state index in [4.69, 9.17) is 4.74 Å². The average Bonchev–Trinajstić information content (AvgIpc) is 2.29. The normalized spacial score (nSPS) is 9.82. The van der Waals surface area contributed by atoms with Gasteiger partial charge in [0.15, 0.2) is 5.78 Å². The first kappa shape index (κ1) is 13.2. The van der Waals surface area contributed by atoms with Crippen LogP contribution in [0.4, 0.5) is 0 Å². The number of hydrogen-bond acceptors (Lipinski definition) is 3. The van der Waals surface area contributed by atoms with Crippen molar-refractivity contribution in [1.29, 1.82) is 0 Å². The van der Waals surface area contributed by atoms with Crippen LogP contribution in [0.15, 0.2) is 18.2 Å². The smallest absolute Gasteiger partial charge is 0.224 e. The van der Waals surface area contributed by atoms with Crippen LogP contribution in [0.1, 0.15) is 29.8 Å². The molecular weight excluding hydrogens is 218 g/mol. The van der Waals surface area contributed by atoms with Gasteiger partial charge in [-0.15, -0.1) is 0 Å². The number of methoxy groups -OCH3 is 1. The van der Waals surface area contributed by atoms with Crippen LogP contribution in [0.2, 0.25) is 0 Å². The predicted octanol–water partition coefficient (Wildman–Crippen LogP) is 1.58. The molecule has 17 heavy (non-hydrogen) atoms. The molecule has 0 fully saturated rings. The fourth-order valence-electron chi connectivity index (χ4n) is 1.57. The second-order valence-corrected chi connectivity index (χ2v) is 3.71. The van der Waals surface area contributed by atoms with Crippen LogP contribution >= 0.6 is 0 Å². The van der Waals surface area contributed by atoms with Crippen molar-refractivity contribution >= 4 is 11.7 Å². The highest BCUT2D eigenvalue weighted by Gasteiger charge is 2.10. The molecule has 4 nitrogen and oxygen atoms in total. The maximum Gasteiger partial charge on any atom is 0.224 e. The minimum Gasteiger partial charge on any atom is -0.496 e.